The Bertz CT molecular complexity index is 536. The Hall–Kier alpha value is -1.11. The van der Waals surface area contributed by atoms with Gasteiger partial charge in [0.15, 0.2) is 0 Å². The minimum atomic E-state index is -3.49. The van der Waals surface area contributed by atoms with E-state index in [0.717, 1.165) is 12.8 Å². The molecule has 1 fully saturated rings. The van der Waals surface area contributed by atoms with Crippen LogP contribution in [-0.2, 0) is 10.0 Å². The van der Waals surface area contributed by atoms with E-state index in [2.05, 4.69) is 4.72 Å². The van der Waals surface area contributed by atoms with Crippen LogP contribution in [0.1, 0.15) is 26.7 Å². The maximum absolute atomic E-state index is 12.1. The summed E-state index contributed by atoms with van der Waals surface area (Å²) in [6.07, 6.45) is 2.26. The van der Waals surface area contributed by atoms with Gasteiger partial charge in [-0.1, -0.05) is 0 Å². The predicted molar refractivity (Wildman–Crippen MR) is 78.1 cm³/mol. The van der Waals surface area contributed by atoms with Gasteiger partial charge >= 0.3 is 0 Å². The molecule has 1 aromatic carbocycles. The Kier molecular flexibility index (Phi) is 4.67. The highest BCUT2D eigenvalue weighted by molar-refractivity contribution is 7.89. The molecule has 0 radical (unpaired) electrons. The molecule has 1 aliphatic rings. The predicted octanol–water partition coefficient (Wildman–Crippen LogP) is 1.49. The summed E-state index contributed by atoms with van der Waals surface area (Å²) < 4.78 is 32.3. The summed E-state index contributed by atoms with van der Waals surface area (Å²) in [5.41, 5.74) is 5.90. The molecule has 0 bridgehead atoms. The SMILES string of the molecule is CC(C)Oc1ccc(S(=O)(=O)NCC(N)C2CC2)cc1. The molecule has 1 unspecified atom stereocenters. The summed E-state index contributed by atoms with van der Waals surface area (Å²) >= 11 is 0. The van der Waals surface area contributed by atoms with Crippen LogP contribution in [0.25, 0.3) is 0 Å². The smallest absolute Gasteiger partial charge is 0.240 e. The summed E-state index contributed by atoms with van der Waals surface area (Å²) in [6.45, 7) is 4.13. The maximum Gasteiger partial charge on any atom is 0.240 e. The van der Waals surface area contributed by atoms with Crippen LogP contribution in [0, 0.1) is 5.92 Å². The van der Waals surface area contributed by atoms with Crippen molar-refractivity contribution in [2.45, 2.75) is 43.7 Å². The van der Waals surface area contributed by atoms with E-state index in [-0.39, 0.29) is 23.6 Å². The van der Waals surface area contributed by atoms with E-state index in [1.54, 1.807) is 24.3 Å². The van der Waals surface area contributed by atoms with Crippen LogP contribution in [0.2, 0.25) is 0 Å². The fraction of sp³-hybridized carbons (Fsp3) is 0.571. The van der Waals surface area contributed by atoms with Crippen molar-refractivity contribution in [2.24, 2.45) is 11.7 Å². The van der Waals surface area contributed by atoms with Gasteiger partial charge < -0.3 is 10.5 Å². The van der Waals surface area contributed by atoms with Gasteiger partial charge in [-0.25, -0.2) is 13.1 Å². The Morgan fingerprint density at radius 3 is 2.40 bits per heavy atom. The second-order valence-electron chi connectivity index (χ2n) is 5.49. The molecule has 1 saturated carbocycles. The number of ether oxygens (including phenoxy) is 1. The molecule has 0 spiro atoms. The zero-order valence-electron chi connectivity index (χ0n) is 11.9. The molecule has 1 atom stereocenters. The lowest BCUT2D eigenvalue weighted by Crippen LogP contribution is -2.38. The first kappa shape index (κ1) is 15.3. The van der Waals surface area contributed by atoms with E-state index < -0.39 is 10.0 Å². The standard InChI is InChI=1S/C14H22N2O3S/c1-10(2)19-12-5-7-13(8-6-12)20(17,18)16-9-14(15)11-3-4-11/h5-8,10-11,14,16H,3-4,9,15H2,1-2H3. The fourth-order valence-electron chi connectivity index (χ4n) is 1.95. The van der Waals surface area contributed by atoms with Crippen molar-refractivity contribution < 1.29 is 13.2 Å². The Balaban J connectivity index is 1.97. The number of nitrogens with one attached hydrogen (secondary N) is 1. The van der Waals surface area contributed by atoms with Crippen LogP contribution in [0.5, 0.6) is 5.75 Å². The second kappa shape index (κ2) is 6.11. The molecule has 0 aliphatic heterocycles. The van der Waals surface area contributed by atoms with Crippen LogP contribution in [0.4, 0.5) is 0 Å². The van der Waals surface area contributed by atoms with Gasteiger partial charge in [0, 0.05) is 12.6 Å². The fourth-order valence-corrected chi connectivity index (χ4v) is 3.02. The lowest BCUT2D eigenvalue weighted by molar-refractivity contribution is 0.242. The van der Waals surface area contributed by atoms with Gasteiger partial charge in [0.05, 0.1) is 11.0 Å². The van der Waals surface area contributed by atoms with Crippen molar-refractivity contribution in [3.63, 3.8) is 0 Å². The summed E-state index contributed by atoms with van der Waals surface area (Å²) in [7, 11) is -3.49. The zero-order valence-corrected chi connectivity index (χ0v) is 12.7. The van der Waals surface area contributed by atoms with Crippen LogP contribution >= 0.6 is 0 Å². The molecule has 6 heteroatoms. The van der Waals surface area contributed by atoms with E-state index in [0.29, 0.717) is 11.7 Å². The van der Waals surface area contributed by atoms with Crippen LogP contribution in [0.15, 0.2) is 29.2 Å². The highest BCUT2D eigenvalue weighted by Crippen LogP contribution is 2.31. The van der Waals surface area contributed by atoms with Crippen LogP contribution in [-0.4, -0.2) is 27.1 Å². The molecule has 0 amide bonds. The molecule has 1 aromatic rings. The third kappa shape index (κ3) is 4.19. The first-order chi connectivity index (χ1) is 9.38. The second-order valence-corrected chi connectivity index (χ2v) is 7.26. The summed E-state index contributed by atoms with van der Waals surface area (Å²) in [5, 5.41) is 0. The lowest BCUT2D eigenvalue weighted by atomic mass is 10.2. The molecular weight excluding hydrogens is 276 g/mol. The third-order valence-corrected chi connectivity index (χ3v) is 4.68. The van der Waals surface area contributed by atoms with Crippen LogP contribution in [0.3, 0.4) is 0 Å². The number of hydrogen-bond donors (Lipinski definition) is 2. The molecule has 0 saturated heterocycles. The molecule has 2 rings (SSSR count). The number of rotatable bonds is 7. The molecule has 5 nitrogen and oxygen atoms in total. The van der Waals surface area contributed by atoms with Gasteiger partial charge in [0.25, 0.3) is 0 Å². The largest absolute Gasteiger partial charge is 0.491 e. The normalized spacial score (nSPS) is 17.2. The summed E-state index contributed by atoms with van der Waals surface area (Å²) in [6, 6.07) is 6.32. The summed E-state index contributed by atoms with van der Waals surface area (Å²) in [4.78, 5) is 0.233. The molecule has 1 aliphatic carbocycles. The van der Waals surface area contributed by atoms with Crippen LogP contribution < -0.4 is 15.2 Å². The molecule has 0 aromatic heterocycles. The Morgan fingerprint density at radius 2 is 1.90 bits per heavy atom. The van der Waals surface area contributed by atoms with Crippen molar-refractivity contribution in [3.8, 4) is 5.75 Å². The molecular formula is C14H22N2O3S. The number of nitrogens with two attached hydrogens (primary N) is 1. The van der Waals surface area contributed by atoms with Crippen molar-refractivity contribution in [1.29, 1.82) is 0 Å². The van der Waals surface area contributed by atoms with E-state index in [4.69, 9.17) is 10.5 Å². The van der Waals surface area contributed by atoms with Gasteiger partial charge in [0.2, 0.25) is 10.0 Å². The van der Waals surface area contributed by atoms with Gasteiger partial charge in [-0.3, -0.25) is 0 Å². The highest BCUT2D eigenvalue weighted by Gasteiger charge is 2.29. The maximum atomic E-state index is 12.1. The van der Waals surface area contributed by atoms with Crippen molar-refractivity contribution in [3.05, 3.63) is 24.3 Å². The third-order valence-electron chi connectivity index (χ3n) is 3.24. The monoisotopic (exact) mass is 298 g/mol. The zero-order chi connectivity index (χ0) is 14.8. The molecule has 3 N–H and O–H groups in total. The molecule has 112 valence electrons. The Labute approximate surface area is 120 Å². The number of benzene rings is 1. The van der Waals surface area contributed by atoms with Crippen molar-refractivity contribution in [2.75, 3.05) is 6.54 Å². The highest BCUT2D eigenvalue weighted by atomic mass is 32.2. The minimum absolute atomic E-state index is 0.0622. The van der Waals surface area contributed by atoms with Gasteiger partial charge in [0.1, 0.15) is 5.75 Å². The minimum Gasteiger partial charge on any atom is -0.491 e. The van der Waals surface area contributed by atoms with Gasteiger partial charge in [-0.2, -0.15) is 0 Å². The lowest BCUT2D eigenvalue weighted by Gasteiger charge is -2.13. The quantitative estimate of drug-likeness (QED) is 0.799. The number of sulfonamides is 1. The Morgan fingerprint density at radius 1 is 1.30 bits per heavy atom. The number of hydrogen-bond acceptors (Lipinski definition) is 4. The van der Waals surface area contributed by atoms with E-state index in [1.807, 2.05) is 13.8 Å². The average Bonchev–Trinajstić information content (AvgIpc) is 3.20. The topological polar surface area (TPSA) is 81.4 Å². The average molecular weight is 298 g/mol. The van der Waals surface area contributed by atoms with Crippen molar-refractivity contribution >= 4 is 10.0 Å². The van der Waals surface area contributed by atoms with E-state index in [9.17, 15) is 8.42 Å². The van der Waals surface area contributed by atoms with Gasteiger partial charge in [-0.05, 0) is 56.9 Å². The van der Waals surface area contributed by atoms with E-state index >= 15 is 0 Å². The first-order valence-electron chi connectivity index (χ1n) is 6.90. The first-order valence-corrected chi connectivity index (χ1v) is 8.39. The van der Waals surface area contributed by atoms with E-state index in [1.165, 1.54) is 0 Å². The summed E-state index contributed by atoms with van der Waals surface area (Å²) in [5.74, 6) is 1.13. The van der Waals surface area contributed by atoms with Crippen molar-refractivity contribution in [1.82, 2.24) is 4.72 Å². The molecule has 20 heavy (non-hydrogen) atoms. The van der Waals surface area contributed by atoms with Gasteiger partial charge in [-0.15, -0.1) is 0 Å². The molecule has 0 heterocycles.